The summed E-state index contributed by atoms with van der Waals surface area (Å²) in [7, 11) is 0. The van der Waals surface area contributed by atoms with Gasteiger partial charge in [0.05, 0.1) is 16.8 Å². The number of aromatic nitrogens is 1. The molecule has 8 rings (SSSR count). The summed E-state index contributed by atoms with van der Waals surface area (Å²) in [6.45, 7) is 6.66. The fourth-order valence-electron chi connectivity index (χ4n) is 7.36. The molecule has 3 nitrogen and oxygen atoms in total. The van der Waals surface area contributed by atoms with Crippen molar-refractivity contribution in [3.63, 3.8) is 0 Å². The van der Waals surface area contributed by atoms with Crippen LogP contribution < -0.4 is 0 Å². The van der Waals surface area contributed by atoms with Crippen LogP contribution in [0.2, 0.25) is 0 Å². The summed E-state index contributed by atoms with van der Waals surface area (Å²) < 4.78 is 4.63. The molecular weight excluding hydrogens is 579 g/mol. The third-order valence-electron chi connectivity index (χ3n) is 9.59. The zero-order valence-corrected chi connectivity index (χ0v) is 26.5. The summed E-state index contributed by atoms with van der Waals surface area (Å²) in [6.07, 6.45) is 7.40. The van der Waals surface area contributed by atoms with E-state index in [1.54, 1.807) is 6.08 Å². The zero-order valence-electron chi connectivity index (χ0n) is 25.6. The van der Waals surface area contributed by atoms with Crippen molar-refractivity contribution in [3.8, 4) is 52.4 Å². The monoisotopic (exact) mass is 605 g/mol. The van der Waals surface area contributed by atoms with Gasteiger partial charge in [-0.25, -0.2) is 0 Å². The van der Waals surface area contributed by atoms with E-state index in [-0.39, 0.29) is 11.0 Å². The van der Waals surface area contributed by atoms with E-state index in [9.17, 15) is 10.5 Å². The zero-order chi connectivity index (χ0) is 31.7. The van der Waals surface area contributed by atoms with Crippen LogP contribution in [0.15, 0.2) is 103 Å². The quantitative estimate of drug-likeness (QED) is 0.149. The molecule has 4 heteroatoms. The maximum atomic E-state index is 10.4. The van der Waals surface area contributed by atoms with E-state index in [1.165, 1.54) is 42.4 Å². The minimum atomic E-state index is -0.0479. The van der Waals surface area contributed by atoms with E-state index in [0.29, 0.717) is 5.56 Å². The molecule has 0 atom stereocenters. The summed E-state index contributed by atoms with van der Waals surface area (Å²) in [4.78, 5) is 0. The van der Waals surface area contributed by atoms with Gasteiger partial charge < -0.3 is 4.57 Å². The second-order valence-electron chi connectivity index (χ2n) is 12.4. The lowest BCUT2D eigenvalue weighted by atomic mass is 9.82. The standard InChI is InChI=1S/C42H27N3S/c1-5-26(23-43)19-33-25(2)45(38-16-9-7-13-31(33)38)41-28(24-44)11-10-14-29(41)27-17-18-32-35-21-34-30-12-6-8-15-36(30)42(3,4)37(34)22-40(35)46-39(32)20-27/h1,6-22H,2-4H3/b26-19+. The predicted molar refractivity (Wildman–Crippen MR) is 191 cm³/mol. The van der Waals surface area contributed by atoms with Gasteiger partial charge in [-0.05, 0) is 71.1 Å². The molecule has 0 N–H and O–H groups in total. The molecule has 1 aliphatic carbocycles. The third kappa shape index (κ3) is 3.83. The molecule has 0 amide bonds. The van der Waals surface area contributed by atoms with E-state index in [2.05, 4.69) is 97.1 Å². The smallest absolute Gasteiger partial charge is 0.108 e. The molecule has 0 saturated heterocycles. The molecule has 0 saturated carbocycles. The number of hydrogen-bond donors (Lipinski definition) is 0. The normalized spacial score (nSPS) is 13.3. The lowest BCUT2D eigenvalue weighted by Crippen LogP contribution is -2.14. The lowest BCUT2D eigenvalue weighted by molar-refractivity contribution is 0.661. The summed E-state index contributed by atoms with van der Waals surface area (Å²) in [6, 6.07) is 38.7. The summed E-state index contributed by atoms with van der Waals surface area (Å²) in [5.74, 6) is 2.49. The van der Waals surface area contributed by atoms with Crippen molar-refractivity contribution in [3.05, 3.63) is 131 Å². The Balaban J connectivity index is 1.35. The molecule has 0 unspecified atom stereocenters. The maximum absolute atomic E-state index is 10.4. The summed E-state index contributed by atoms with van der Waals surface area (Å²) >= 11 is 1.82. The SMILES string of the molecule is C#C/C(C#N)=C\c1c(C)n(-c2c(C#N)cccc2-c2ccc3c(c2)sc2cc4c(cc23)-c2ccccc2C4(C)C)c2ccccc12. The van der Waals surface area contributed by atoms with Gasteiger partial charge in [0.2, 0.25) is 0 Å². The van der Waals surface area contributed by atoms with Crippen LogP contribution in [0.4, 0.5) is 0 Å². The Morgan fingerprint density at radius 2 is 1.54 bits per heavy atom. The van der Waals surface area contributed by atoms with Gasteiger partial charge in [-0.2, -0.15) is 10.5 Å². The highest BCUT2D eigenvalue weighted by molar-refractivity contribution is 7.25. The Labute approximate surface area is 271 Å². The van der Waals surface area contributed by atoms with Crippen molar-refractivity contribution in [2.24, 2.45) is 0 Å². The Hall–Kier alpha value is -5.86. The van der Waals surface area contributed by atoms with E-state index < -0.39 is 0 Å². The number of nitrogens with zero attached hydrogens (tertiary/aromatic N) is 3. The fourth-order valence-corrected chi connectivity index (χ4v) is 8.53. The Morgan fingerprint density at radius 1 is 0.783 bits per heavy atom. The van der Waals surface area contributed by atoms with E-state index in [4.69, 9.17) is 6.42 Å². The van der Waals surface area contributed by atoms with Gasteiger partial charge in [0.25, 0.3) is 0 Å². The van der Waals surface area contributed by atoms with Gasteiger partial charge in [-0.1, -0.05) is 86.5 Å². The first kappa shape index (κ1) is 27.7. The van der Waals surface area contributed by atoms with Crippen molar-refractivity contribution >= 4 is 48.5 Å². The maximum Gasteiger partial charge on any atom is 0.108 e. The summed E-state index contributed by atoms with van der Waals surface area (Å²) in [5, 5.41) is 23.4. The molecule has 0 bridgehead atoms. The van der Waals surface area contributed by atoms with E-state index in [0.717, 1.165) is 39.0 Å². The average Bonchev–Trinajstić information content (AvgIpc) is 3.66. The first-order chi connectivity index (χ1) is 22.3. The number of terminal acetylenes is 1. The lowest BCUT2D eigenvalue weighted by Gasteiger charge is -2.21. The Kier molecular flexibility index (Phi) is 6.07. The molecule has 0 spiro atoms. The molecule has 0 radical (unpaired) electrons. The fraction of sp³-hybridized carbons (Fsp3) is 0.0952. The number of benzene rings is 5. The van der Waals surface area contributed by atoms with Crippen LogP contribution in [0.3, 0.4) is 0 Å². The highest BCUT2D eigenvalue weighted by Crippen LogP contribution is 2.51. The Bertz CT molecular complexity index is 2590. The van der Waals surface area contributed by atoms with Crippen LogP contribution in [0.5, 0.6) is 0 Å². The van der Waals surface area contributed by atoms with Crippen molar-refractivity contribution in [1.29, 1.82) is 10.5 Å². The molecular formula is C42H27N3S. The number of nitriles is 2. The van der Waals surface area contributed by atoms with Crippen LogP contribution >= 0.6 is 11.3 Å². The first-order valence-corrected chi connectivity index (χ1v) is 16.0. The van der Waals surface area contributed by atoms with Crippen molar-refractivity contribution in [2.75, 3.05) is 0 Å². The third-order valence-corrected chi connectivity index (χ3v) is 10.7. The van der Waals surface area contributed by atoms with Gasteiger partial charge in [0, 0.05) is 47.8 Å². The molecule has 0 aliphatic heterocycles. The van der Waals surface area contributed by atoms with Crippen molar-refractivity contribution in [1.82, 2.24) is 4.57 Å². The number of rotatable bonds is 3. The second kappa shape index (κ2) is 10.1. The van der Waals surface area contributed by atoms with Gasteiger partial charge >= 0.3 is 0 Å². The number of fused-ring (bicyclic) bond motifs is 7. The molecule has 5 aromatic carbocycles. The minimum Gasteiger partial charge on any atom is -0.311 e. The van der Waals surface area contributed by atoms with Crippen molar-refractivity contribution < 1.29 is 0 Å². The number of allylic oxidation sites excluding steroid dienone is 1. The highest BCUT2D eigenvalue weighted by Gasteiger charge is 2.35. The molecule has 46 heavy (non-hydrogen) atoms. The number of hydrogen-bond acceptors (Lipinski definition) is 3. The highest BCUT2D eigenvalue weighted by atomic mass is 32.1. The summed E-state index contributed by atoms with van der Waals surface area (Å²) in [5.41, 5.74) is 11.7. The molecule has 7 aromatic rings. The number of para-hydroxylation sites is 2. The topological polar surface area (TPSA) is 52.5 Å². The van der Waals surface area contributed by atoms with Crippen LogP contribution in [0.25, 0.3) is 65.1 Å². The second-order valence-corrected chi connectivity index (χ2v) is 13.4. The molecule has 216 valence electrons. The predicted octanol–water partition coefficient (Wildman–Crippen LogP) is 10.7. The first-order valence-electron chi connectivity index (χ1n) is 15.2. The number of thiophene rings is 1. The molecule has 0 fully saturated rings. The molecule has 1 aliphatic rings. The molecule has 2 heterocycles. The van der Waals surface area contributed by atoms with Crippen LogP contribution in [0.1, 0.15) is 41.8 Å². The van der Waals surface area contributed by atoms with Gasteiger partial charge in [0.15, 0.2) is 0 Å². The van der Waals surface area contributed by atoms with Gasteiger partial charge in [0.1, 0.15) is 17.7 Å². The van der Waals surface area contributed by atoms with Gasteiger partial charge in [-0.3, -0.25) is 0 Å². The van der Waals surface area contributed by atoms with E-state index >= 15 is 0 Å². The largest absolute Gasteiger partial charge is 0.311 e. The van der Waals surface area contributed by atoms with Crippen molar-refractivity contribution in [2.45, 2.75) is 26.2 Å². The van der Waals surface area contributed by atoms with Crippen LogP contribution in [0, 0.1) is 41.9 Å². The minimum absolute atomic E-state index is 0.0479. The van der Waals surface area contributed by atoms with E-state index in [1.807, 2.05) is 54.7 Å². The van der Waals surface area contributed by atoms with Gasteiger partial charge in [-0.15, -0.1) is 17.8 Å². The molecule has 2 aromatic heterocycles. The van der Waals surface area contributed by atoms with Crippen LogP contribution in [-0.2, 0) is 5.41 Å². The van der Waals surface area contributed by atoms with Crippen LogP contribution in [-0.4, -0.2) is 4.57 Å². The average molecular weight is 606 g/mol. The Morgan fingerprint density at radius 3 is 2.35 bits per heavy atom.